The maximum absolute atomic E-state index is 11.8. The van der Waals surface area contributed by atoms with E-state index in [0.717, 1.165) is 32.1 Å². The molecule has 0 aliphatic carbocycles. The van der Waals surface area contributed by atoms with Crippen LogP contribution >= 0.6 is 0 Å². The lowest BCUT2D eigenvalue weighted by molar-refractivity contribution is -0.290. The molecule has 1 fully saturated rings. The molecule has 1 aliphatic heterocycles. The zero-order valence-electron chi connectivity index (χ0n) is 15.1. The van der Waals surface area contributed by atoms with Crippen molar-refractivity contribution < 1.29 is 23.8 Å². The van der Waals surface area contributed by atoms with Gasteiger partial charge in [-0.1, -0.05) is 19.8 Å². The lowest BCUT2D eigenvalue weighted by Gasteiger charge is -2.42. The average molecular weight is 342 g/mol. The Morgan fingerprint density at radius 3 is 2.50 bits per heavy atom. The van der Waals surface area contributed by atoms with E-state index in [1.165, 1.54) is 6.08 Å². The molecule has 138 valence electrons. The van der Waals surface area contributed by atoms with Crippen molar-refractivity contribution in [2.24, 2.45) is 10.4 Å². The summed E-state index contributed by atoms with van der Waals surface area (Å²) in [4.78, 5) is 25.2. The molecule has 0 saturated carbocycles. The first-order chi connectivity index (χ1) is 11.4. The van der Waals surface area contributed by atoms with Crippen LogP contribution in [0.15, 0.2) is 4.99 Å². The van der Waals surface area contributed by atoms with E-state index in [0.29, 0.717) is 26.3 Å². The molecule has 1 heterocycles. The quantitative estimate of drug-likeness (QED) is 0.375. The molecule has 0 aromatic carbocycles. The van der Waals surface area contributed by atoms with E-state index in [1.54, 1.807) is 0 Å². The van der Waals surface area contributed by atoms with E-state index in [2.05, 4.69) is 10.3 Å². The van der Waals surface area contributed by atoms with Crippen molar-refractivity contribution in [3.05, 3.63) is 0 Å². The van der Waals surface area contributed by atoms with Crippen LogP contribution in [-0.2, 0) is 19.0 Å². The summed E-state index contributed by atoms with van der Waals surface area (Å²) in [6.45, 7) is 8.24. The van der Waals surface area contributed by atoms with Crippen LogP contribution in [0.3, 0.4) is 0 Å². The highest BCUT2D eigenvalue weighted by Gasteiger charge is 2.40. The molecule has 0 unspecified atom stereocenters. The Labute approximate surface area is 144 Å². The molecule has 0 radical (unpaired) electrons. The van der Waals surface area contributed by atoms with Gasteiger partial charge in [0.1, 0.15) is 6.61 Å². The predicted molar refractivity (Wildman–Crippen MR) is 89.5 cm³/mol. The molecule has 0 aromatic heterocycles. The Morgan fingerprint density at radius 1 is 1.21 bits per heavy atom. The fourth-order valence-electron chi connectivity index (χ4n) is 2.30. The van der Waals surface area contributed by atoms with Crippen LogP contribution in [0.2, 0.25) is 0 Å². The molecule has 1 rings (SSSR count). The number of carbonyl (C=O) groups excluding carboxylic acids is 2. The number of ether oxygens (including phenoxy) is 3. The summed E-state index contributed by atoms with van der Waals surface area (Å²) < 4.78 is 16.7. The van der Waals surface area contributed by atoms with Crippen LogP contribution < -0.4 is 5.32 Å². The van der Waals surface area contributed by atoms with Gasteiger partial charge in [0.05, 0.1) is 25.2 Å². The van der Waals surface area contributed by atoms with Gasteiger partial charge in [-0.15, -0.1) is 0 Å². The smallest absolute Gasteiger partial charge is 0.407 e. The van der Waals surface area contributed by atoms with Crippen LogP contribution in [0.25, 0.3) is 0 Å². The molecule has 7 heteroatoms. The zero-order chi connectivity index (χ0) is 17.9. The number of rotatable bonds is 10. The van der Waals surface area contributed by atoms with E-state index < -0.39 is 11.9 Å². The minimum Gasteiger partial charge on any atom is -0.449 e. The number of isocyanates is 1. The topological polar surface area (TPSA) is 86.2 Å². The summed E-state index contributed by atoms with van der Waals surface area (Å²) in [6, 6.07) is 0. The van der Waals surface area contributed by atoms with Crippen molar-refractivity contribution in [2.75, 3.05) is 32.9 Å². The van der Waals surface area contributed by atoms with Gasteiger partial charge < -0.3 is 19.5 Å². The predicted octanol–water partition coefficient (Wildman–Crippen LogP) is 2.79. The number of unbranched alkanes of at least 4 members (excludes halogenated alkanes) is 3. The van der Waals surface area contributed by atoms with Gasteiger partial charge in [-0.3, -0.25) is 0 Å². The molecule has 7 nitrogen and oxygen atoms in total. The van der Waals surface area contributed by atoms with Gasteiger partial charge in [0.2, 0.25) is 6.08 Å². The average Bonchev–Trinajstić information content (AvgIpc) is 2.57. The molecule has 0 aromatic rings. The first-order valence-electron chi connectivity index (χ1n) is 8.65. The molecule has 1 saturated heterocycles. The van der Waals surface area contributed by atoms with E-state index in [9.17, 15) is 9.59 Å². The molecule has 0 spiro atoms. The van der Waals surface area contributed by atoms with Gasteiger partial charge in [-0.05, 0) is 33.1 Å². The fourth-order valence-corrected chi connectivity index (χ4v) is 2.30. The zero-order valence-corrected chi connectivity index (χ0v) is 15.1. The molecule has 0 atom stereocenters. The van der Waals surface area contributed by atoms with Crippen LogP contribution in [-0.4, -0.2) is 50.9 Å². The highest BCUT2D eigenvalue weighted by Crippen LogP contribution is 2.32. The number of amides is 1. The van der Waals surface area contributed by atoms with Crippen molar-refractivity contribution in [1.82, 2.24) is 5.32 Å². The summed E-state index contributed by atoms with van der Waals surface area (Å²) in [6.07, 6.45) is 5.63. The molecule has 0 bridgehead atoms. The Bertz CT molecular complexity index is 423. The number of aliphatic imine (C=N–C) groups is 1. The summed E-state index contributed by atoms with van der Waals surface area (Å²) in [7, 11) is 0. The van der Waals surface area contributed by atoms with Crippen molar-refractivity contribution in [3.8, 4) is 0 Å². The van der Waals surface area contributed by atoms with Gasteiger partial charge in [0.15, 0.2) is 5.79 Å². The molecule has 1 aliphatic rings. The number of alkyl carbamates (subject to hydrolysis) is 1. The third-order valence-corrected chi connectivity index (χ3v) is 4.24. The fraction of sp³-hybridized carbons (Fsp3) is 0.882. The maximum Gasteiger partial charge on any atom is 0.407 e. The van der Waals surface area contributed by atoms with Crippen molar-refractivity contribution >= 4 is 12.2 Å². The second kappa shape index (κ2) is 10.4. The van der Waals surface area contributed by atoms with Gasteiger partial charge >= 0.3 is 6.09 Å². The van der Waals surface area contributed by atoms with Crippen molar-refractivity contribution in [2.45, 2.75) is 58.7 Å². The largest absolute Gasteiger partial charge is 0.449 e. The number of hydrogen-bond donors (Lipinski definition) is 1. The van der Waals surface area contributed by atoms with Gasteiger partial charge in [-0.25, -0.2) is 14.6 Å². The summed E-state index contributed by atoms with van der Waals surface area (Å²) in [5.41, 5.74) is -0.272. The van der Waals surface area contributed by atoms with Gasteiger partial charge in [0.25, 0.3) is 0 Å². The lowest BCUT2D eigenvalue weighted by atomic mass is 9.87. The van der Waals surface area contributed by atoms with Crippen LogP contribution in [0, 0.1) is 5.41 Å². The number of hydrogen-bond acceptors (Lipinski definition) is 6. The van der Waals surface area contributed by atoms with E-state index in [1.807, 2.05) is 20.8 Å². The summed E-state index contributed by atoms with van der Waals surface area (Å²) in [5, 5.41) is 2.75. The van der Waals surface area contributed by atoms with Crippen LogP contribution in [0.1, 0.15) is 52.9 Å². The second-order valence-electron chi connectivity index (χ2n) is 6.72. The first-order valence-corrected chi connectivity index (χ1v) is 8.65. The molecular formula is C17H30N2O5. The standard InChI is InChI=1S/C17H30N2O5/c1-4-17(12-23-16(2,3)24-13-17)11-22-15(21)19-10-8-6-5-7-9-18-14-20/h4-13H2,1-3H3,(H,19,21). The number of carbonyl (C=O) groups is 1. The maximum atomic E-state index is 11.8. The summed E-state index contributed by atoms with van der Waals surface area (Å²) >= 11 is 0. The van der Waals surface area contributed by atoms with E-state index in [-0.39, 0.29) is 12.0 Å². The first kappa shape index (κ1) is 20.6. The van der Waals surface area contributed by atoms with Crippen molar-refractivity contribution in [3.63, 3.8) is 0 Å². The number of nitrogens with one attached hydrogen (secondary N) is 1. The monoisotopic (exact) mass is 342 g/mol. The van der Waals surface area contributed by atoms with Crippen molar-refractivity contribution in [1.29, 1.82) is 0 Å². The molecule has 24 heavy (non-hydrogen) atoms. The second-order valence-corrected chi connectivity index (χ2v) is 6.72. The Hall–Kier alpha value is -1.43. The van der Waals surface area contributed by atoms with E-state index in [4.69, 9.17) is 14.2 Å². The highest BCUT2D eigenvalue weighted by molar-refractivity contribution is 5.67. The Kier molecular flexibility index (Phi) is 8.97. The van der Waals surface area contributed by atoms with E-state index >= 15 is 0 Å². The Morgan fingerprint density at radius 2 is 1.88 bits per heavy atom. The normalized spacial score (nSPS) is 18.5. The minimum absolute atomic E-state index is 0.272. The Balaban J connectivity index is 2.13. The van der Waals surface area contributed by atoms with Gasteiger partial charge in [0, 0.05) is 6.54 Å². The van der Waals surface area contributed by atoms with Gasteiger partial charge in [-0.2, -0.15) is 0 Å². The van der Waals surface area contributed by atoms with Crippen LogP contribution in [0.4, 0.5) is 4.79 Å². The van der Waals surface area contributed by atoms with Crippen LogP contribution in [0.5, 0.6) is 0 Å². The third-order valence-electron chi connectivity index (χ3n) is 4.24. The molecular weight excluding hydrogens is 312 g/mol. The SMILES string of the molecule is CCC1(COC(=O)NCCCCCCN=C=O)COC(C)(C)OC1. The summed E-state index contributed by atoms with van der Waals surface area (Å²) in [5.74, 6) is -0.571. The minimum atomic E-state index is -0.571. The lowest BCUT2D eigenvalue weighted by Crippen LogP contribution is -2.49. The number of nitrogens with zero attached hydrogens (tertiary/aromatic N) is 1. The molecule has 1 amide bonds. The highest BCUT2D eigenvalue weighted by atomic mass is 16.7. The third kappa shape index (κ3) is 7.90. The molecule has 1 N–H and O–H groups in total.